The maximum atomic E-state index is 2.38. The molecule has 1 aliphatic rings. The van der Waals surface area contributed by atoms with Gasteiger partial charge in [-0.25, -0.2) is 0 Å². The van der Waals surface area contributed by atoms with Gasteiger partial charge in [0.25, 0.3) is 0 Å². The fourth-order valence-corrected chi connectivity index (χ4v) is 2.18. The van der Waals surface area contributed by atoms with Crippen molar-refractivity contribution in [3.8, 4) is 0 Å². The molecule has 0 nitrogen and oxygen atoms in total. The summed E-state index contributed by atoms with van der Waals surface area (Å²) < 4.78 is 0. The van der Waals surface area contributed by atoms with Crippen LogP contribution in [0, 0.1) is 0 Å². The molecular weight excluding hydrogens is 139 g/mol. The van der Waals surface area contributed by atoms with Gasteiger partial charge in [-0.3, -0.25) is 0 Å². The zero-order chi connectivity index (χ0) is 7.98. The van der Waals surface area contributed by atoms with E-state index in [9.17, 15) is 0 Å². The summed E-state index contributed by atoms with van der Waals surface area (Å²) in [6, 6.07) is 0. The van der Waals surface area contributed by atoms with Gasteiger partial charge in [-0.05, 0) is 31.8 Å². The van der Waals surface area contributed by atoms with Crippen LogP contribution in [0.2, 0.25) is 0 Å². The molecule has 1 heteroatoms. The summed E-state index contributed by atoms with van der Waals surface area (Å²) in [6.07, 6.45) is 7.43. The molecule has 0 fully saturated rings. The molecule has 0 unspecified atom stereocenters. The standard InChI is InChI=1S/C7H13P.C2H6/c1-8(2)7-5-3-4-6-7;1-2/h3,5,7H,4,6H2,1-2H3;1-2H3/t7-;/m1./s1. The Labute approximate surface area is 66.5 Å². The van der Waals surface area contributed by atoms with Crippen LogP contribution in [0.1, 0.15) is 26.7 Å². The summed E-state index contributed by atoms with van der Waals surface area (Å²) in [5.41, 5.74) is 0.949. The van der Waals surface area contributed by atoms with Crippen LogP contribution in [0.4, 0.5) is 0 Å². The van der Waals surface area contributed by atoms with Crippen LogP contribution < -0.4 is 0 Å². The molecular formula is C9H19P. The Morgan fingerprint density at radius 3 is 2.10 bits per heavy atom. The Balaban J connectivity index is 0.000000371. The minimum atomic E-state index is 0.312. The largest absolute Gasteiger partial charge is 0.106 e. The van der Waals surface area contributed by atoms with E-state index in [1.54, 1.807) is 0 Å². The van der Waals surface area contributed by atoms with E-state index in [4.69, 9.17) is 0 Å². The van der Waals surface area contributed by atoms with E-state index < -0.39 is 0 Å². The third-order valence-electron chi connectivity index (χ3n) is 1.65. The molecule has 0 aromatic rings. The van der Waals surface area contributed by atoms with E-state index in [0.717, 1.165) is 5.66 Å². The lowest BCUT2D eigenvalue weighted by Gasteiger charge is -2.10. The highest BCUT2D eigenvalue weighted by molar-refractivity contribution is 7.57. The number of hydrogen-bond acceptors (Lipinski definition) is 0. The van der Waals surface area contributed by atoms with Gasteiger partial charge in [0.05, 0.1) is 0 Å². The van der Waals surface area contributed by atoms with Crippen molar-refractivity contribution in [2.75, 3.05) is 13.3 Å². The lowest BCUT2D eigenvalue weighted by atomic mass is 10.4. The van der Waals surface area contributed by atoms with Crippen LogP contribution >= 0.6 is 7.92 Å². The number of hydrogen-bond donors (Lipinski definition) is 0. The number of allylic oxidation sites excluding steroid dienone is 2. The van der Waals surface area contributed by atoms with Gasteiger partial charge in [0.15, 0.2) is 0 Å². The molecule has 1 aliphatic carbocycles. The third-order valence-corrected chi connectivity index (χ3v) is 3.41. The van der Waals surface area contributed by atoms with Gasteiger partial charge in [-0.15, -0.1) is 7.92 Å². The SMILES string of the molecule is CC.CP(C)[C@@H]1C=CCC1. The lowest BCUT2D eigenvalue weighted by molar-refractivity contribution is 0.936. The summed E-state index contributed by atoms with van der Waals surface area (Å²) in [4.78, 5) is 0. The molecule has 0 aliphatic heterocycles. The Bertz CT molecular complexity index is 94.9. The quantitative estimate of drug-likeness (QED) is 0.405. The van der Waals surface area contributed by atoms with Crippen LogP contribution in [0.5, 0.6) is 0 Å². The van der Waals surface area contributed by atoms with Gasteiger partial charge in [-0.2, -0.15) is 0 Å². The Morgan fingerprint density at radius 1 is 1.30 bits per heavy atom. The first-order chi connectivity index (χ1) is 4.80. The second-order valence-corrected chi connectivity index (χ2v) is 5.13. The van der Waals surface area contributed by atoms with Crippen molar-refractivity contribution in [3.63, 3.8) is 0 Å². The number of rotatable bonds is 1. The van der Waals surface area contributed by atoms with Crippen molar-refractivity contribution >= 4 is 7.92 Å². The van der Waals surface area contributed by atoms with Crippen LogP contribution in [0.15, 0.2) is 12.2 Å². The molecule has 0 amide bonds. The Kier molecular flexibility index (Phi) is 6.02. The van der Waals surface area contributed by atoms with E-state index >= 15 is 0 Å². The summed E-state index contributed by atoms with van der Waals surface area (Å²) in [6.45, 7) is 8.71. The first-order valence-electron chi connectivity index (χ1n) is 4.14. The second kappa shape index (κ2) is 5.92. The van der Waals surface area contributed by atoms with Crippen LogP contribution in [-0.4, -0.2) is 19.0 Å². The summed E-state index contributed by atoms with van der Waals surface area (Å²) in [5, 5.41) is 0. The third kappa shape index (κ3) is 3.37. The molecule has 0 aromatic heterocycles. The molecule has 60 valence electrons. The average Bonchev–Trinajstić information content (AvgIpc) is 2.42. The molecule has 0 spiro atoms. The summed E-state index contributed by atoms with van der Waals surface area (Å²) >= 11 is 0. The van der Waals surface area contributed by atoms with Gasteiger partial charge in [0, 0.05) is 0 Å². The summed E-state index contributed by atoms with van der Waals surface area (Å²) in [7, 11) is 0.312. The van der Waals surface area contributed by atoms with Gasteiger partial charge in [-0.1, -0.05) is 26.0 Å². The van der Waals surface area contributed by atoms with Crippen LogP contribution in [0.3, 0.4) is 0 Å². The van der Waals surface area contributed by atoms with E-state index in [-0.39, 0.29) is 0 Å². The Hall–Kier alpha value is 0.170. The predicted molar refractivity (Wildman–Crippen MR) is 52.3 cm³/mol. The van der Waals surface area contributed by atoms with Gasteiger partial charge in [0.2, 0.25) is 0 Å². The zero-order valence-corrected chi connectivity index (χ0v) is 8.49. The highest BCUT2D eigenvalue weighted by Gasteiger charge is 2.11. The predicted octanol–water partition coefficient (Wildman–Crippen LogP) is 3.47. The maximum absolute atomic E-state index is 2.38. The topological polar surface area (TPSA) is 0 Å². The van der Waals surface area contributed by atoms with Gasteiger partial charge >= 0.3 is 0 Å². The van der Waals surface area contributed by atoms with Gasteiger partial charge in [0.1, 0.15) is 0 Å². The van der Waals surface area contributed by atoms with Crippen LogP contribution in [0.25, 0.3) is 0 Å². The van der Waals surface area contributed by atoms with Crippen molar-refractivity contribution in [3.05, 3.63) is 12.2 Å². The highest BCUT2D eigenvalue weighted by atomic mass is 31.1. The van der Waals surface area contributed by atoms with Crippen molar-refractivity contribution in [2.24, 2.45) is 0 Å². The molecule has 0 saturated carbocycles. The molecule has 1 rings (SSSR count). The molecule has 0 heterocycles. The normalized spacial score (nSPS) is 22.7. The fourth-order valence-electron chi connectivity index (χ4n) is 1.05. The highest BCUT2D eigenvalue weighted by Crippen LogP contribution is 2.38. The first kappa shape index (κ1) is 10.2. The monoisotopic (exact) mass is 158 g/mol. The van der Waals surface area contributed by atoms with Crippen molar-refractivity contribution in [1.29, 1.82) is 0 Å². The van der Waals surface area contributed by atoms with Crippen LogP contribution in [-0.2, 0) is 0 Å². The smallest absolute Gasteiger partial charge is 0.00316 e. The fraction of sp³-hybridized carbons (Fsp3) is 0.778. The molecule has 10 heavy (non-hydrogen) atoms. The van der Waals surface area contributed by atoms with Crippen molar-refractivity contribution in [2.45, 2.75) is 32.3 Å². The Morgan fingerprint density at radius 2 is 1.90 bits per heavy atom. The molecule has 0 saturated heterocycles. The van der Waals surface area contributed by atoms with Crippen molar-refractivity contribution in [1.82, 2.24) is 0 Å². The second-order valence-electron chi connectivity index (χ2n) is 2.54. The van der Waals surface area contributed by atoms with E-state index in [1.165, 1.54) is 12.8 Å². The molecule has 0 bridgehead atoms. The molecule has 0 N–H and O–H groups in total. The van der Waals surface area contributed by atoms with Gasteiger partial charge < -0.3 is 0 Å². The van der Waals surface area contributed by atoms with E-state index in [0.29, 0.717) is 7.92 Å². The maximum Gasteiger partial charge on any atom is -0.00316 e. The minimum absolute atomic E-state index is 0.312. The minimum Gasteiger partial charge on any atom is -0.106 e. The first-order valence-corrected chi connectivity index (χ1v) is 6.44. The van der Waals surface area contributed by atoms with E-state index in [1.807, 2.05) is 13.8 Å². The van der Waals surface area contributed by atoms with Crippen molar-refractivity contribution < 1.29 is 0 Å². The molecule has 0 radical (unpaired) electrons. The summed E-state index contributed by atoms with van der Waals surface area (Å²) in [5.74, 6) is 0. The lowest BCUT2D eigenvalue weighted by Crippen LogP contribution is -1.93. The molecule has 1 atom stereocenters. The zero-order valence-electron chi connectivity index (χ0n) is 7.59. The average molecular weight is 158 g/mol. The van der Waals surface area contributed by atoms with E-state index in [2.05, 4.69) is 25.5 Å². The molecule has 0 aromatic carbocycles.